The highest BCUT2D eigenvalue weighted by Gasteiger charge is 2.34. The lowest BCUT2D eigenvalue weighted by molar-refractivity contribution is -0.138. The molecule has 2 aromatic rings. The maximum absolute atomic E-state index is 13.3. The van der Waals surface area contributed by atoms with Crippen molar-refractivity contribution in [2.75, 3.05) is 26.2 Å². The number of alkyl halides is 3. The smallest absolute Gasteiger partial charge is 0.338 e. The van der Waals surface area contributed by atoms with E-state index in [0.29, 0.717) is 25.3 Å². The Bertz CT molecular complexity index is 832. The molecule has 0 radical (unpaired) electrons. The molecule has 1 aromatic carbocycles. The van der Waals surface area contributed by atoms with Gasteiger partial charge in [-0.05, 0) is 44.9 Å². The van der Waals surface area contributed by atoms with Crippen molar-refractivity contribution in [3.05, 3.63) is 47.3 Å². The summed E-state index contributed by atoms with van der Waals surface area (Å²) in [6.45, 7) is 6.52. The molecular formula is C20H26F3N5O. The molecule has 1 fully saturated rings. The Morgan fingerprint density at radius 2 is 1.97 bits per heavy atom. The first-order valence-electron chi connectivity index (χ1n) is 9.92. The molecule has 0 bridgehead atoms. The molecule has 1 aliphatic rings. The lowest BCUT2D eigenvalue weighted by atomic mass is 10.0. The van der Waals surface area contributed by atoms with Crippen molar-refractivity contribution in [2.24, 2.45) is 0 Å². The number of hydrogen-bond acceptors (Lipinski definition) is 4. The third-order valence-electron chi connectivity index (χ3n) is 5.35. The van der Waals surface area contributed by atoms with Gasteiger partial charge in [0.1, 0.15) is 0 Å². The molecule has 0 N–H and O–H groups in total. The maximum Gasteiger partial charge on any atom is 0.416 e. The van der Waals surface area contributed by atoms with Gasteiger partial charge in [-0.25, -0.2) is 4.68 Å². The van der Waals surface area contributed by atoms with Crippen LogP contribution in [0.15, 0.2) is 30.5 Å². The molecule has 1 atom stereocenters. The fraction of sp³-hybridized carbons (Fsp3) is 0.550. The van der Waals surface area contributed by atoms with Crippen molar-refractivity contribution >= 4 is 5.91 Å². The van der Waals surface area contributed by atoms with Crippen molar-refractivity contribution < 1.29 is 18.0 Å². The van der Waals surface area contributed by atoms with Gasteiger partial charge in [0.15, 0.2) is 5.69 Å². The number of halogens is 3. The van der Waals surface area contributed by atoms with Crippen molar-refractivity contribution in [1.29, 1.82) is 0 Å². The second-order valence-electron chi connectivity index (χ2n) is 7.25. The Labute approximate surface area is 168 Å². The van der Waals surface area contributed by atoms with Crippen LogP contribution >= 0.6 is 0 Å². The molecule has 1 unspecified atom stereocenters. The van der Waals surface area contributed by atoms with Gasteiger partial charge in [0, 0.05) is 26.2 Å². The van der Waals surface area contributed by atoms with Crippen LogP contribution in [0.1, 0.15) is 54.3 Å². The van der Waals surface area contributed by atoms with E-state index in [1.54, 1.807) is 21.8 Å². The number of amides is 1. The summed E-state index contributed by atoms with van der Waals surface area (Å²) in [4.78, 5) is 16.1. The summed E-state index contributed by atoms with van der Waals surface area (Å²) < 4.78 is 41.5. The van der Waals surface area contributed by atoms with Gasteiger partial charge < -0.3 is 4.90 Å². The predicted octanol–water partition coefficient (Wildman–Crippen LogP) is 3.62. The first kappa shape index (κ1) is 21.3. The average molecular weight is 409 g/mol. The topological polar surface area (TPSA) is 54.3 Å². The highest BCUT2D eigenvalue weighted by molar-refractivity contribution is 5.91. The molecule has 1 aliphatic heterocycles. The van der Waals surface area contributed by atoms with Crippen LogP contribution in [0, 0.1) is 0 Å². The van der Waals surface area contributed by atoms with E-state index in [4.69, 9.17) is 0 Å². The summed E-state index contributed by atoms with van der Waals surface area (Å²) in [5, 5.41) is 8.14. The second kappa shape index (κ2) is 8.94. The number of hydrogen-bond donors (Lipinski definition) is 0. The molecule has 3 rings (SSSR count). The zero-order valence-electron chi connectivity index (χ0n) is 16.7. The monoisotopic (exact) mass is 409 g/mol. The van der Waals surface area contributed by atoms with Crippen LogP contribution in [0.4, 0.5) is 13.2 Å². The standard InChI is InChI=1S/C20H26F3N5O/c1-3-27(4-2)19(29)18-14-28(25-24-18)16-9-7-11-26(13-16)12-15-8-5-6-10-17(15)20(21,22)23/h5-6,8,10,14,16H,3-4,7,9,11-13H2,1-2H3. The van der Waals surface area contributed by atoms with E-state index in [-0.39, 0.29) is 24.1 Å². The minimum atomic E-state index is -4.36. The van der Waals surface area contributed by atoms with E-state index >= 15 is 0 Å². The number of aromatic nitrogens is 3. The van der Waals surface area contributed by atoms with Crippen LogP contribution in [0.2, 0.25) is 0 Å². The quantitative estimate of drug-likeness (QED) is 0.731. The Hall–Kier alpha value is -2.42. The normalized spacial score (nSPS) is 18.0. The number of benzene rings is 1. The molecule has 6 nitrogen and oxygen atoms in total. The van der Waals surface area contributed by atoms with Gasteiger partial charge >= 0.3 is 6.18 Å². The van der Waals surface area contributed by atoms with Crippen molar-refractivity contribution in [3.63, 3.8) is 0 Å². The number of rotatable bonds is 6. The maximum atomic E-state index is 13.3. The van der Waals surface area contributed by atoms with Gasteiger partial charge in [0.2, 0.25) is 0 Å². The first-order valence-corrected chi connectivity index (χ1v) is 9.92. The molecule has 158 valence electrons. The molecule has 2 heterocycles. The van der Waals surface area contributed by atoms with Gasteiger partial charge in [0.05, 0.1) is 17.8 Å². The molecular weight excluding hydrogens is 383 g/mol. The van der Waals surface area contributed by atoms with Gasteiger partial charge in [-0.3, -0.25) is 9.69 Å². The molecule has 9 heteroatoms. The summed E-state index contributed by atoms with van der Waals surface area (Å²) in [6, 6.07) is 5.68. The van der Waals surface area contributed by atoms with Crippen molar-refractivity contribution in [2.45, 2.75) is 45.5 Å². The Kier molecular flexibility index (Phi) is 6.56. The lowest BCUT2D eigenvalue weighted by Crippen LogP contribution is -2.36. The van der Waals surface area contributed by atoms with Gasteiger partial charge in [-0.15, -0.1) is 5.10 Å². The third-order valence-corrected chi connectivity index (χ3v) is 5.35. The number of piperidine rings is 1. The van der Waals surface area contributed by atoms with Crippen LogP contribution in [0.5, 0.6) is 0 Å². The number of carbonyl (C=O) groups is 1. The minimum absolute atomic E-state index is 0.0208. The third kappa shape index (κ3) is 4.95. The van der Waals surface area contributed by atoms with Crippen LogP contribution in [-0.2, 0) is 12.7 Å². The summed E-state index contributed by atoms with van der Waals surface area (Å²) >= 11 is 0. The zero-order chi connectivity index (χ0) is 21.0. The van der Waals surface area contributed by atoms with Crippen molar-refractivity contribution in [1.82, 2.24) is 24.8 Å². The van der Waals surface area contributed by atoms with Crippen LogP contribution in [-0.4, -0.2) is 56.9 Å². The number of nitrogens with zero attached hydrogens (tertiary/aromatic N) is 5. The molecule has 1 aromatic heterocycles. The fourth-order valence-corrected chi connectivity index (χ4v) is 3.79. The second-order valence-corrected chi connectivity index (χ2v) is 7.25. The predicted molar refractivity (Wildman–Crippen MR) is 102 cm³/mol. The molecule has 1 saturated heterocycles. The fourth-order valence-electron chi connectivity index (χ4n) is 3.79. The molecule has 0 spiro atoms. The average Bonchev–Trinajstić information content (AvgIpc) is 3.19. The van der Waals surface area contributed by atoms with E-state index in [1.165, 1.54) is 12.1 Å². The van der Waals surface area contributed by atoms with E-state index in [0.717, 1.165) is 25.5 Å². The van der Waals surface area contributed by atoms with E-state index < -0.39 is 11.7 Å². The molecule has 1 amide bonds. The highest BCUT2D eigenvalue weighted by Crippen LogP contribution is 2.33. The largest absolute Gasteiger partial charge is 0.416 e. The van der Waals surface area contributed by atoms with Crippen LogP contribution in [0.25, 0.3) is 0 Å². The SMILES string of the molecule is CCN(CC)C(=O)c1cn(C2CCCN(Cc3ccccc3C(F)(F)F)C2)nn1. The summed E-state index contributed by atoms with van der Waals surface area (Å²) in [5.41, 5.74) is -0.0140. The lowest BCUT2D eigenvalue weighted by Gasteiger charge is -2.33. The zero-order valence-corrected chi connectivity index (χ0v) is 16.7. The minimum Gasteiger partial charge on any atom is -0.338 e. The highest BCUT2D eigenvalue weighted by atomic mass is 19.4. The van der Waals surface area contributed by atoms with Crippen LogP contribution < -0.4 is 0 Å². The van der Waals surface area contributed by atoms with Gasteiger partial charge in [-0.2, -0.15) is 13.2 Å². The molecule has 0 aliphatic carbocycles. The van der Waals surface area contributed by atoms with E-state index in [2.05, 4.69) is 10.3 Å². The Balaban J connectivity index is 1.70. The van der Waals surface area contributed by atoms with Crippen LogP contribution in [0.3, 0.4) is 0 Å². The van der Waals surface area contributed by atoms with E-state index in [9.17, 15) is 18.0 Å². The summed E-state index contributed by atoms with van der Waals surface area (Å²) in [5.74, 6) is -0.159. The molecule has 29 heavy (non-hydrogen) atoms. The summed E-state index contributed by atoms with van der Waals surface area (Å²) in [7, 11) is 0. The number of carbonyl (C=O) groups excluding carboxylic acids is 1. The van der Waals surface area contributed by atoms with Gasteiger partial charge in [-0.1, -0.05) is 23.4 Å². The van der Waals surface area contributed by atoms with Gasteiger partial charge in [0.25, 0.3) is 5.91 Å². The van der Waals surface area contributed by atoms with Crippen molar-refractivity contribution in [3.8, 4) is 0 Å². The van der Waals surface area contributed by atoms with E-state index in [1.807, 2.05) is 18.7 Å². The summed E-state index contributed by atoms with van der Waals surface area (Å²) in [6.07, 6.45) is -1.02. The number of likely N-dealkylation sites (tertiary alicyclic amines) is 1. The Morgan fingerprint density at radius 1 is 1.24 bits per heavy atom. The first-order chi connectivity index (χ1) is 13.8. The molecule has 0 saturated carbocycles. The Morgan fingerprint density at radius 3 is 2.66 bits per heavy atom.